The molecule has 1 fully saturated rings. The summed E-state index contributed by atoms with van der Waals surface area (Å²) in [5, 5.41) is 10.1. The second-order valence-corrected chi connectivity index (χ2v) is 4.53. The van der Waals surface area contributed by atoms with Crippen molar-refractivity contribution in [2.45, 2.75) is 32.3 Å². The van der Waals surface area contributed by atoms with Crippen molar-refractivity contribution >= 4 is 0 Å². The summed E-state index contributed by atoms with van der Waals surface area (Å²) in [5.74, 6) is 1.27. The first-order valence-corrected chi connectivity index (χ1v) is 5.50. The smallest absolute Gasteiger partial charge is 0.0818 e. The van der Waals surface area contributed by atoms with Gasteiger partial charge in [0.15, 0.2) is 0 Å². The maximum absolute atomic E-state index is 10.1. The molecule has 1 aliphatic carbocycles. The summed E-state index contributed by atoms with van der Waals surface area (Å²) >= 11 is 0. The van der Waals surface area contributed by atoms with E-state index in [1.54, 1.807) is 0 Å². The van der Waals surface area contributed by atoms with Crippen LogP contribution in [-0.2, 0) is 0 Å². The van der Waals surface area contributed by atoms with E-state index < -0.39 is 0 Å². The molecule has 76 valence electrons. The highest BCUT2D eigenvalue weighted by Gasteiger charge is 2.28. The molecule has 1 saturated carbocycles. The molecule has 2 rings (SSSR count). The summed E-state index contributed by atoms with van der Waals surface area (Å²) in [5.41, 5.74) is 1.08. The molecule has 1 aromatic carbocycles. The predicted octanol–water partition coefficient (Wildman–Crippen LogP) is 3.16. The summed E-state index contributed by atoms with van der Waals surface area (Å²) in [4.78, 5) is 0. The second-order valence-electron chi connectivity index (χ2n) is 4.53. The van der Waals surface area contributed by atoms with Gasteiger partial charge in [-0.15, -0.1) is 0 Å². The third kappa shape index (κ3) is 1.98. The minimum atomic E-state index is -0.249. The first kappa shape index (κ1) is 9.72. The third-order valence-corrected chi connectivity index (χ3v) is 3.32. The quantitative estimate of drug-likeness (QED) is 0.759. The van der Waals surface area contributed by atoms with Crippen LogP contribution in [0.4, 0.5) is 0 Å². The van der Waals surface area contributed by atoms with Crippen LogP contribution in [0, 0.1) is 11.8 Å². The number of rotatable bonds is 2. The molecule has 0 bridgehead atoms. The van der Waals surface area contributed by atoms with E-state index >= 15 is 0 Å². The Bertz CT molecular complexity index is 281. The fourth-order valence-corrected chi connectivity index (χ4v) is 2.46. The fraction of sp³-hybridized carbons (Fsp3) is 0.538. The molecule has 0 aromatic heterocycles. The molecule has 1 aromatic rings. The molecule has 1 heteroatoms. The lowest BCUT2D eigenvalue weighted by molar-refractivity contribution is 0.109. The predicted molar refractivity (Wildman–Crippen MR) is 57.9 cm³/mol. The van der Waals surface area contributed by atoms with E-state index in [2.05, 4.69) is 6.92 Å². The van der Waals surface area contributed by atoms with Crippen molar-refractivity contribution < 1.29 is 5.11 Å². The Morgan fingerprint density at radius 3 is 2.50 bits per heavy atom. The average Bonchev–Trinajstić information content (AvgIpc) is 2.65. The van der Waals surface area contributed by atoms with Crippen LogP contribution >= 0.6 is 0 Å². The van der Waals surface area contributed by atoms with Gasteiger partial charge in [0.2, 0.25) is 0 Å². The second kappa shape index (κ2) is 4.14. The Morgan fingerprint density at radius 1 is 1.21 bits per heavy atom. The molecule has 3 atom stereocenters. The lowest BCUT2D eigenvalue weighted by atomic mass is 9.94. The first-order valence-electron chi connectivity index (χ1n) is 5.50. The molecule has 0 unspecified atom stereocenters. The monoisotopic (exact) mass is 190 g/mol. The van der Waals surface area contributed by atoms with Crippen LogP contribution in [0.25, 0.3) is 0 Å². The Balaban J connectivity index is 2.05. The average molecular weight is 190 g/mol. The summed E-state index contributed by atoms with van der Waals surface area (Å²) in [6.45, 7) is 2.28. The summed E-state index contributed by atoms with van der Waals surface area (Å²) < 4.78 is 0. The van der Waals surface area contributed by atoms with Crippen molar-refractivity contribution in [2.24, 2.45) is 11.8 Å². The van der Waals surface area contributed by atoms with Crippen LogP contribution in [0.1, 0.15) is 37.9 Å². The Morgan fingerprint density at radius 2 is 1.93 bits per heavy atom. The van der Waals surface area contributed by atoms with Gasteiger partial charge in [0, 0.05) is 0 Å². The van der Waals surface area contributed by atoms with Gasteiger partial charge >= 0.3 is 0 Å². The van der Waals surface area contributed by atoms with Crippen molar-refractivity contribution in [3.05, 3.63) is 35.9 Å². The molecular formula is C13H18O. The van der Waals surface area contributed by atoms with E-state index in [1.165, 1.54) is 19.3 Å². The standard InChI is InChI=1S/C13H18O/c1-10-7-8-12(9-10)13(14)11-5-3-2-4-6-11/h2-6,10,12-14H,7-9H2,1H3/t10-,12+,13+/m1/s1. The summed E-state index contributed by atoms with van der Waals surface area (Å²) in [7, 11) is 0. The van der Waals surface area contributed by atoms with Crippen LogP contribution in [-0.4, -0.2) is 5.11 Å². The van der Waals surface area contributed by atoms with Gasteiger partial charge in [-0.3, -0.25) is 0 Å². The zero-order valence-electron chi connectivity index (χ0n) is 8.69. The number of aliphatic hydroxyl groups is 1. The van der Waals surface area contributed by atoms with E-state index in [1.807, 2.05) is 30.3 Å². The molecule has 0 radical (unpaired) electrons. The highest BCUT2D eigenvalue weighted by Crippen LogP contribution is 2.38. The fourth-order valence-electron chi connectivity index (χ4n) is 2.46. The Hall–Kier alpha value is -0.820. The summed E-state index contributed by atoms with van der Waals surface area (Å²) in [6, 6.07) is 10.0. The molecule has 0 aliphatic heterocycles. The zero-order valence-corrected chi connectivity index (χ0v) is 8.69. The minimum absolute atomic E-state index is 0.249. The highest BCUT2D eigenvalue weighted by atomic mass is 16.3. The van der Waals surface area contributed by atoms with Crippen LogP contribution in [0.5, 0.6) is 0 Å². The van der Waals surface area contributed by atoms with Gasteiger partial charge in [-0.25, -0.2) is 0 Å². The van der Waals surface area contributed by atoms with Crippen molar-refractivity contribution in [1.82, 2.24) is 0 Å². The summed E-state index contributed by atoms with van der Waals surface area (Å²) in [6.07, 6.45) is 3.38. The molecule has 0 amide bonds. The minimum Gasteiger partial charge on any atom is -0.388 e. The van der Waals surface area contributed by atoms with E-state index in [4.69, 9.17) is 0 Å². The van der Waals surface area contributed by atoms with Crippen molar-refractivity contribution in [3.8, 4) is 0 Å². The van der Waals surface area contributed by atoms with Gasteiger partial charge in [-0.05, 0) is 30.2 Å². The Kier molecular flexibility index (Phi) is 2.87. The van der Waals surface area contributed by atoms with Crippen LogP contribution in [0.15, 0.2) is 30.3 Å². The van der Waals surface area contributed by atoms with E-state index in [-0.39, 0.29) is 6.10 Å². The molecule has 0 heterocycles. The maximum atomic E-state index is 10.1. The van der Waals surface area contributed by atoms with Gasteiger partial charge in [-0.2, -0.15) is 0 Å². The Labute approximate surface area is 85.8 Å². The van der Waals surface area contributed by atoms with Gasteiger partial charge in [0.05, 0.1) is 6.10 Å². The SMILES string of the molecule is C[C@@H]1CC[C@H]([C@@H](O)c2ccccc2)C1. The van der Waals surface area contributed by atoms with Crippen molar-refractivity contribution in [2.75, 3.05) is 0 Å². The third-order valence-electron chi connectivity index (χ3n) is 3.32. The maximum Gasteiger partial charge on any atom is 0.0818 e. The van der Waals surface area contributed by atoms with Crippen LogP contribution in [0.3, 0.4) is 0 Å². The molecule has 1 aliphatic rings. The molecule has 1 N–H and O–H groups in total. The first-order chi connectivity index (χ1) is 6.77. The van der Waals surface area contributed by atoms with Crippen LogP contribution in [0.2, 0.25) is 0 Å². The number of benzene rings is 1. The highest BCUT2D eigenvalue weighted by molar-refractivity contribution is 5.18. The molecule has 0 saturated heterocycles. The molecule has 14 heavy (non-hydrogen) atoms. The molecular weight excluding hydrogens is 172 g/mol. The van der Waals surface area contributed by atoms with Crippen molar-refractivity contribution in [3.63, 3.8) is 0 Å². The van der Waals surface area contributed by atoms with Crippen molar-refractivity contribution in [1.29, 1.82) is 0 Å². The lowest BCUT2D eigenvalue weighted by Gasteiger charge is -2.18. The van der Waals surface area contributed by atoms with E-state index in [0.717, 1.165) is 11.5 Å². The van der Waals surface area contributed by atoms with Crippen LogP contribution < -0.4 is 0 Å². The van der Waals surface area contributed by atoms with Gasteiger partial charge in [-0.1, -0.05) is 43.7 Å². The van der Waals surface area contributed by atoms with Gasteiger partial charge < -0.3 is 5.11 Å². The molecule has 0 spiro atoms. The van der Waals surface area contributed by atoms with Gasteiger partial charge in [0.1, 0.15) is 0 Å². The number of hydrogen-bond donors (Lipinski definition) is 1. The van der Waals surface area contributed by atoms with E-state index in [9.17, 15) is 5.11 Å². The largest absolute Gasteiger partial charge is 0.388 e. The zero-order chi connectivity index (χ0) is 9.97. The lowest BCUT2D eigenvalue weighted by Crippen LogP contribution is -2.09. The van der Waals surface area contributed by atoms with E-state index in [0.29, 0.717) is 5.92 Å². The topological polar surface area (TPSA) is 20.2 Å². The normalized spacial score (nSPS) is 29.0. The number of hydrogen-bond acceptors (Lipinski definition) is 1. The molecule has 1 nitrogen and oxygen atoms in total. The van der Waals surface area contributed by atoms with Gasteiger partial charge in [0.25, 0.3) is 0 Å². The number of aliphatic hydroxyl groups excluding tert-OH is 1.